The Labute approximate surface area is 254 Å². The molecular weight excluding hydrogens is 536 g/mol. The molecule has 0 atom stereocenters. The van der Waals surface area contributed by atoms with E-state index in [0.29, 0.717) is 0 Å². The van der Waals surface area contributed by atoms with Crippen LogP contribution in [0.2, 0.25) is 0 Å². The average Bonchev–Trinajstić information content (AvgIpc) is 3.47. The van der Waals surface area contributed by atoms with Crippen LogP contribution in [0.1, 0.15) is 25.5 Å². The first-order chi connectivity index (χ1) is 21.7. The summed E-state index contributed by atoms with van der Waals surface area (Å²) in [6.45, 7) is 4.40. The molecular formula is C41H28N2O. The van der Waals surface area contributed by atoms with Gasteiger partial charge in [-0.1, -0.05) is 123 Å². The molecule has 0 saturated heterocycles. The van der Waals surface area contributed by atoms with E-state index in [-0.39, 0.29) is 5.92 Å². The van der Waals surface area contributed by atoms with Crippen molar-refractivity contribution in [3.8, 4) is 22.4 Å². The first-order valence-corrected chi connectivity index (χ1v) is 15.2. The SMILES string of the molecule is CC(C)c1nc2c3ccccc3c3ccccc3c2nc1-c1cccc(-c2cc3ccccc3c3c2oc2ccccc23)c1. The van der Waals surface area contributed by atoms with Gasteiger partial charge in [0.2, 0.25) is 0 Å². The summed E-state index contributed by atoms with van der Waals surface area (Å²) in [7, 11) is 0. The fraction of sp³-hybridized carbons (Fsp3) is 0.0732. The molecule has 0 N–H and O–H groups in total. The van der Waals surface area contributed by atoms with Crippen molar-refractivity contribution in [1.29, 1.82) is 0 Å². The molecule has 9 aromatic rings. The second-order valence-corrected chi connectivity index (χ2v) is 11.9. The van der Waals surface area contributed by atoms with E-state index in [0.717, 1.165) is 71.8 Å². The van der Waals surface area contributed by atoms with Gasteiger partial charge >= 0.3 is 0 Å². The lowest BCUT2D eigenvalue weighted by molar-refractivity contribution is 0.670. The molecule has 2 aromatic heterocycles. The molecule has 44 heavy (non-hydrogen) atoms. The molecule has 0 aliphatic rings. The maximum Gasteiger partial charge on any atom is 0.143 e. The summed E-state index contributed by atoms with van der Waals surface area (Å²) in [5.74, 6) is 0.193. The number of fused-ring (bicyclic) bond motifs is 11. The average molecular weight is 565 g/mol. The number of benzene rings is 7. The standard InChI is InChI=1S/C41H28N2O/c1-24(2)37-38(43-40-32-19-8-6-17-30(32)29-16-5-7-18-31(29)39(40)42-37)27-14-11-13-25(22-27)34-23-26-12-3-4-15-28(26)36-33-20-9-10-21-35(33)44-41(34)36/h3-24H,1-2H3. The van der Waals surface area contributed by atoms with Gasteiger partial charge in [-0.05, 0) is 51.2 Å². The quantitative estimate of drug-likeness (QED) is 0.200. The lowest BCUT2D eigenvalue weighted by Gasteiger charge is -2.16. The van der Waals surface area contributed by atoms with Gasteiger partial charge < -0.3 is 4.42 Å². The van der Waals surface area contributed by atoms with Crippen LogP contribution in [0.4, 0.5) is 0 Å². The van der Waals surface area contributed by atoms with Crippen LogP contribution in [-0.2, 0) is 0 Å². The number of nitrogens with zero attached hydrogens (tertiary/aromatic N) is 2. The number of hydrogen-bond acceptors (Lipinski definition) is 3. The van der Waals surface area contributed by atoms with Gasteiger partial charge in [0.05, 0.1) is 22.4 Å². The van der Waals surface area contributed by atoms with Crippen molar-refractivity contribution >= 4 is 65.3 Å². The number of rotatable bonds is 3. The molecule has 7 aromatic carbocycles. The lowest BCUT2D eigenvalue weighted by Crippen LogP contribution is -2.02. The Hall–Kier alpha value is -5.54. The zero-order valence-electron chi connectivity index (χ0n) is 24.5. The van der Waals surface area contributed by atoms with Crippen LogP contribution in [0, 0.1) is 0 Å². The van der Waals surface area contributed by atoms with Gasteiger partial charge in [0.15, 0.2) is 0 Å². The second-order valence-electron chi connectivity index (χ2n) is 11.9. The normalized spacial score (nSPS) is 12.1. The number of para-hydroxylation sites is 1. The van der Waals surface area contributed by atoms with Gasteiger partial charge in [0.1, 0.15) is 11.2 Å². The van der Waals surface area contributed by atoms with Crippen LogP contribution in [0.3, 0.4) is 0 Å². The predicted molar refractivity (Wildman–Crippen MR) is 184 cm³/mol. The highest BCUT2D eigenvalue weighted by Gasteiger charge is 2.20. The highest BCUT2D eigenvalue weighted by Crippen LogP contribution is 2.42. The van der Waals surface area contributed by atoms with E-state index in [2.05, 4.69) is 135 Å². The van der Waals surface area contributed by atoms with Crippen molar-refractivity contribution in [3.05, 3.63) is 133 Å². The second kappa shape index (κ2) is 9.48. The number of furan rings is 1. The molecule has 0 bridgehead atoms. The van der Waals surface area contributed by atoms with Gasteiger partial charge in [0, 0.05) is 32.7 Å². The van der Waals surface area contributed by atoms with Crippen molar-refractivity contribution in [2.24, 2.45) is 0 Å². The summed E-state index contributed by atoms with van der Waals surface area (Å²) in [6, 6.07) is 45.0. The largest absolute Gasteiger partial charge is 0.455 e. The topological polar surface area (TPSA) is 38.9 Å². The monoisotopic (exact) mass is 564 g/mol. The van der Waals surface area contributed by atoms with E-state index >= 15 is 0 Å². The third kappa shape index (κ3) is 3.62. The van der Waals surface area contributed by atoms with E-state index < -0.39 is 0 Å². The molecule has 2 heterocycles. The summed E-state index contributed by atoms with van der Waals surface area (Å²) in [6.07, 6.45) is 0. The molecule has 208 valence electrons. The molecule has 3 heteroatoms. The molecule has 3 nitrogen and oxygen atoms in total. The highest BCUT2D eigenvalue weighted by atomic mass is 16.3. The van der Waals surface area contributed by atoms with Crippen molar-refractivity contribution in [1.82, 2.24) is 9.97 Å². The van der Waals surface area contributed by atoms with Crippen LogP contribution in [0.5, 0.6) is 0 Å². The molecule has 0 unspecified atom stereocenters. The molecule has 0 amide bonds. The van der Waals surface area contributed by atoms with Crippen molar-refractivity contribution in [2.45, 2.75) is 19.8 Å². The van der Waals surface area contributed by atoms with Gasteiger partial charge in [-0.3, -0.25) is 0 Å². The Morgan fingerprint density at radius 2 is 1.11 bits per heavy atom. The Morgan fingerprint density at radius 1 is 0.523 bits per heavy atom. The minimum atomic E-state index is 0.193. The van der Waals surface area contributed by atoms with E-state index in [1.54, 1.807) is 0 Å². The first kappa shape index (κ1) is 25.0. The Bertz CT molecular complexity index is 2590. The van der Waals surface area contributed by atoms with Gasteiger partial charge in [0.25, 0.3) is 0 Å². The van der Waals surface area contributed by atoms with Crippen molar-refractivity contribution in [2.75, 3.05) is 0 Å². The van der Waals surface area contributed by atoms with Crippen LogP contribution in [-0.4, -0.2) is 9.97 Å². The molecule has 0 saturated carbocycles. The van der Waals surface area contributed by atoms with E-state index in [4.69, 9.17) is 14.4 Å². The van der Waals surface area contributed by atoms with Crippen LogP contribution < -0.4 is 0 Å². The fourth-order valence-electron chi connectivity index (χ4n) is 6.91. The Kier molecular flexibility index (Phi) is 5.39. The molecule has 0 radical (unpaired) electrons. The van der Waals surface area contributed by atoms with E-state index in [1.807, 2.05) is 6.07 Å². The summed E-state index contributed by atoms with van der Waals surface area (Å²) in [5, 5.41) is 9.36. The van der Waals surface area contributed by atoms with Gasteiger partial charge in [-0.2, -0.15) is 0 Å². The van der Waals surface area contributed by atoms with Gasteiger partial charge in [-0.25, -0.2) is 9.97 Å². The molecule has 0 aliphatic heterocycles. The van der Waals surface area contributed by atoms with Crippen molar-refractivity contribution < 1.29 is 4.42 Å². The third-order valence-electron chi connectivity index (χ3n) is 8.94. The molecule has 9 rings (SSSR count). The first-order valence-electron chi connectivity index (χ1n) is 15.2. The van der Waals surface area contributed by atoms with Crippen LogP contribution in [0.25, 0.3) is 87.7 Å². The molecule has 0 spiro atoms. The van der Waals surface area contributed by atoms with E-state index in [9.17, 15) is 0 Å². The maximum absolute atomic E-state index is 6.57. The minimum absolute atomic E-state index is 0.193. The summed E-state index contributed by atoms with van der Waals surface area (Å²) >= 11 is 0. The summed E-state index contributed by atoms with van der Waals surface area (Å²) in [5.41, 5.74) is 8.86. The lowest BCUT2D eigenvalue weighted by atomic mass is 9.93. The zero-order valence-corrected chi connectivity index (χ0v) is 24.5. The molecule has 0 fully saturated rings. The fourth-order valence-corrected chi connectivity index (χ4v) is 6.91. The van der Waals surface area contributed by atoms with Crippen LogP contribution in [0.15, 0.2) is 132 Å². The predicted octanol–water partition coefficient (Wildman–Crippen LogP) is 11.4. The Morgan fingerprint density at radius 3 is 1.84 bits per heavy atom. The third-order valence-corrected chi connectivity index (χ3v) is 8.94. The summed E-state index contributed by atoms with van der Waals surface area (Å²) < 4.78 is 6.57. The molecule has 0 aliphatic carbocycles. The van der Waals surface area contributed by atoms with Crippen molar-refractivity contribution in [3.63, 3.8) is 0 Å². The zero-order chi connectivity index (χ0) is 29.4. The minimum Gasteiger partial charge on any atom is -0.455 e. The number of aromatic nitrogens is 2. The smallest absolute Gasteiger partial charge is 0.143 e. The van der Waals surface area contributed by atoms with Crippen LogP contribution >= 0.6 is 0 Å². The van der Waals surface area contributed by atoms with E-state index in [1.165, 1.54) is 21.5 Å². The highest BCUT2D eigenvalue weighted by molar-refractivity contribution is 6.24. The Balaban J connectivity index is 1.33. The number of hydrogen-bond donors (Lipinski definition) is 0. The summed E-state index contributed by atoms with van der Waals surface area (Å²) in [4.78, 5) is 10.8. The van der Waals surface area contributed by atoms with Gasteiger partial charge in [-0.15, -0.1) is 0 Å². The maximum atomic E-state index is 6.57.